The summed E-state index contributed by atoms with van der Waals surface area (Å²) < 4.78 is 13.9. The predicted octanol–water partition coefficient (Wildman–Crippen LogP) is 6.13. The summed E-state index contributed by atoms with van der Waals surface area (Å²) in [6.45, 7) is 9.79. The minimum Gasteiger partial charge on any atom is -0.486 e. The Morgan fingerprint density at radius 3 is 2.68 bits per heavy atom. The lowest BCUT2D eigenvalue weighted by atomic mass is 9.98. The first-order valence-electron chi connectivity index (χ1n) is 12.3. The third kappa shape index (κ3) is 6.02. The van der Waals surface area contributed by atoms with Gasteiger partial charge < -0.3 is 18.9 Å². The van der Waals surface area contributed by atoms with E-state index in [4.69, 9.17) is 14.5 Å². The first-order valence-corrected chi connectivity index (χ1v) is 12.3. The number of hydrogen-bond donors (Lipinski definition) is 0. The molecule has 6 heteroatoms. The average Bonchev–Trinajstić information content (AvgIpc) is 3.15. The number of fused-ring (bicyclic) bond motifs is 1. The monoisotopic (exact) mass is 461 g/mol. The molecule has 2 heterocycles. The number of amides is 1. The Labute approximate surface area is 202 Å². The highest BCUT2D eigenvalue weighted by molar-refractivity contribution is 5.68. The summed E-state index contributed by atoms with van der Waals surface area (Å²) in [6.07, 6.45) is 8.69. The molecule has 34 heavy (non-hydrogen) atoms. The minimum absolute atomic E-state index is 0.192. The van der Waals surface area contributed by atoms with Crippen LogP contribution in [0.4, 0.5) is 4.79 Å². The predicted molar refractivity (Wildman–Crippen MR) is 134 cm³/mol. The van der Waals surface area contributed by atoms with Gasteiger partial charge >= 0.3 is 6.09 Å². The van der Waals surface area contributed by atoms with Crippen LogP contribution in [0.1, 0.15) is 75.7 Å². The van der Waals surface area contributed by atoms with Crippen LogP contribution in [0.2, 0.25) is 0 Å². The van der Waals surface area contributed by atoms with E-state index < -0.39 is 5.60 Å². The van der Waals surface area contributed by atoms with E-state index in [2.05, 4.69) is 23.0 Å². The van der Waals surface area contributed by atoms with Crippen molar-refractivity contribution in [3.8, 4) is 5.75 Å². The highest BCUT2D eigenvalue weighted by atomic mass is 16.6. The fourth-order valence-electron chi connectivity index (χ4n) is 4.50. The summed E-state index contributed by atoms with van der Waals surface area (Å²) in [5.41, 5.74) is 8.72. The SMILES string of the molecule is Cc1ccc(OCc2nc3c(n2CCCC2CCCCN2C(=O)OC(C)(C)C)C=C=C=C3)cc1. The molecule has 1 aliphatic heterocycles. The fraction of sp³-hybridized carbons (Fsp3) is 0.500. The summed E-state index contributed by atoms with van der Waals surface area (Å²) in [7, 11) is 0. The van der Waals surface area contributed by atoms with Crippen molar-refractivity contribution in [3.63, 3.8) is 0 Å². The largest absolute Gasteiger partial charge is 0.486 e. The molecule has 0 bridgehead atoms. The second-order valence-corrected chi connectivity index (χ2v) is 10.1. The van der Waals surface area contributed by atoms with Gasteiger partial charge in [0.2, 0.25) is 0 Å². The molecule has 0 N–H and O–H groups in total. The van der Waals surface area contributed by atoms with Gasteiger partial charge in [0, 0.05) is 31.3 Å². The van der Waals surface area contributed by atoms with Gasteiger partial charge in [0.05, 0.1) is 11.4 Å². The van der Waals surface area contributed by atoms with Crippen molar-refractivity contribution in [2.45, 2.75) is 84.6 Å². The summed E-state index contributed by atoms with van der Waals surface area (Å²) in [4.78, 5) is 19.5. The Morgan fingerprint density at radius 1 is 1.15 bits per heavy atom. The molecule has 2 aromatic rings. The molecule has 6 nitrogen and oxygen atoms in total. The zero-order valence-electron chi connectivity index (χ0n) is 20.8. The van der Waals surface area contributed by atoms with Gasteiger partial charge in [-0.2, -0.15) is 0 Å². The number of ether oxygens (including phenoxy) is 2. The highest BCUT2D eigenvalue weighted by Crippen LogP contribution is 2.25. The molecule has 1 saturated heterocycles. The zero-order valence-corrected chi connectivity index (χ0v) is 20.8. The van der Waals surface area contributed by atoms with Gasteiger partial charge in [-0.1, -0.05) is 29.2 Å². The van der Waals surface area contributed by atoms with Gasteiger partial charge in [0.25, 0.3) is 0 Å². The summed E-state index contributed by atoms with van der Waals surface area (Å²) in [6, 6.07) is 8.27. The molecule has 180 valence electrons. The summed E-state index contributed by atoms with van der Waals surface area (Å²) in [5.74, 6) is 1.72. The number of aryl methyl sites for hydroxylation is 1. The first-order chi connectivity index (χ1) is 16.3. The number of aromatic nitrogens is 2. The zero-order chi connectivity index (χ0) is 24.1. The average molecular weight is 462 g/mol. The maximum atomic E-state index is 12.8. The van der Waals surface area contributed by atoms with E-state index in [0.29, 0.717) is 6.61 Å². The Bertz CT molecular complexity index is 1110. The molecule has 2 aliphatic rings. The van der Waals surface area contributed by atoms with Crippen LogP contribution in [0, 0.1) is 6.92 Å². The molecule has 0 radical (unpaired) electrons. The van der Waals surface area contributed by atoms with E-state index in [-0.39, 0.29) is 12.1 Å². The molecule has 0 spiro atoms. The number of hydrogen-bond acceptors (Lipinski definition) is 4. The van der Waals surface area contributed by atoms with Crippen LogP contribution in [-0.2, 0) is 17.9 Å². The van der Waals surface area contributed by atoms with Crippen molar-refractivity contribution in [1.82, 2.24) is 14.5 Å². The van der Waals surface area contributed by atoms with Crippen LogP contribution in [-0.4, -0.2) is 38.7 Å². The quantitative estimate of drug-likeness (QED) is 0.397. The second-order valence-electron chi connectivity index (χ2n) is 10.1. The lowest BCUT2D eigenvalue weighted by Crippen LogP contribution is -2.46. The fourth-order valence-corrected chi connectivity index (χ4v) is 4.50. The standard InChI is InChI=1S/C28H35N3O3/c1-21-14-16-23(17-15-21)33-20-26-29-24-12-5-6-13-25(24)31(26)19-9-11-22-10-7-8-18-30(22)27(32)34-28(2,3)4/h12-17,22H,7-11,18-20H2,1-4H3. The van der Waals surface area contributed by atoms with E-state index in [0.717, 1.165) is 68.2 Å². The molecule has 1 aromatic carbocycles. The summed E-state index contributed by atoms with van der Waals surface area (Å²) in [5, 5.41) is 0. The van der Waals surface area contributed by atoms with Crippen molar-refractivity contribution in [1.29, 1.82) is 0 Å². The molecular formula is C28H35N3O3. The number of imidazole rings is 1. The van der Waals surface area contributed by atoms with Gasteiger partial charge in [0.1, 0.15) is 23.8 Å². The maximum absolute atomic E-state index is 12.8. The number of rotatable bonds is 7. The normalized spacial score (nSPS) is 17.1. The topological polar surface area (TPSA) is 56.6 Å². The number of likely N-dealkylation sites (tertiary alicyclic amines) is 1. The lowest BCUT2D eigenvalue weighted by Gasteiger charge is -2.37. The van der Waals surface area contributed by atoms with Gasteiger partial charge in [-0.25, -0.2) is 9.78 Å². The number of nitrogens with zero attached hydrogens (tertiary/aromatic N) is 3. The van der Waals surface area contributed by atoms with Gasteiger partial charge in [-0.15, -0.1) is 0 Å². The van der Waals surface area contributed by atoms with Gasteiger partial charge in [-0.05, 0) is 71.9 Å². The number of carbonyl (C=O) groups excluding carboxylic acids is 1. The molecule has 1 aliphatic carbocycles. The van der Waals surface area contributed by atoms with E-state index in [9.17, 15) is 4.79 Å². The van der Waals surface area contributed by atoms with Crippen LogP contribution >= 0.6 is 0 Å². The first kappa shape index (κ1) is 23.9. The van der Waals surface area contributed by atoms with Crippen molar-refractivity contribution < 1.29 is 14.3 Å². The second kappa shape index (κ2) is 10.4. The maximum Gasteiger partial charge on any atom is 0.410 e. The molecule has 1 unspecified atom stereocenters. The van der Waals surface area contributed by atoms with Crippen molar-refractivity contribution in [2.24, 2.45) is 0 Å². The van der Waals surface area contributed by atoms with Crippen molar-refractivity contribution in [2.75, 3.05) is 6.54 Å². The number of benzene rings is 1. The van der Waals surface area contributed by atoms with Crippen LogP contribution in [0.15, 0.2) is 35.7 Å². The molecule has 0 saturated carbocycles. The lowest BCUT2D eigenvalue weighted by molar-refractivity contribution is 0.00851. The Kier molecular flexibility index (Phi) is 7.31. The summed E-state index contributed by atoms with van der Waals surface area (Å²) >= 11 is 0. The minimum atomic E-state index is -0.478. The Balaban J connectivity index is 1.42. The van der Waals surface area contributed by atoms with Crippen LogP contribution in [0.3, 0.4) is 0 Å². The third-order valence-electron chi connectivity index (χ3n) is 6.18. The van der Waals surface area contributed by atoms with E-state index in [1.165, 1.54) is 5.56 Å². The molecule has 1 atom stereocenters. The van der Waals surface area contributed by atoms with Gasteiger partial charge in [0.15, 0.2) is 0 Å². The molecule has 4 rings (SSSR count). The van der Waals surface area contributed by atoms with Crippen LogP contribution < -0.4 is 4.74 Å². The van der Waals surface area contributed by atoms with Crippen LogP contribution in [0.25, 0.3) is 12.2 Å². The Morgan fingerprint density at radius 2 is 1.91 bits per heavy atom. The van der Waals surface area contributed by atoms with E-state index in [1.807, 2.05) is 62.1 Å². The Hall–Kier alpha value is -3.20. The smallest absolute Gasteiger partial charge is 0.410 e. The third-order valence-corrected chi connectivity index (χ3v) is 6.18. The molecular weight excluding hydrogens is 426 g/mol. The number of carbonyl (C=O) groups is 1. The number of piperidine rings is 1. The van der Waals surface area contributed by atoms with E-state index in [1.54, 1.807) is 0 Å². The molecule has 1 aromatic heterocycles. The van der Waals surface area contributed by atoms with E-state index >= 15 is 0 Å². The molecule has 1 fully saturated rings. The van der Waals surface area contributed by atoms with Crippen molar-refractivity contribution >= 4 is 18.2 Å². The highest BCUT2D eigenvalue weighted by Gasteiger charge is 2.30. The van der Waals surface area contributed by atoms with Gasteiger partial charge in [-0.3, -0.25) is 0 Å². The molecule has 1 amide bonds. The van der Waals surface area contributed by atoms with Crippen molar-refractivity contribution in [3.05, 3.63) is 58.5 Å². The van der Waals surface area contributed by atoms with Crippen LogP contribution in [0.5, 0.6) is 5.75 Å².